The molecule has 188 valence electrons. The third-order valence-corrected chi connectivity index (χ3v) is 9.81. The predicted molar refractivity (Wildman–Crippen MR) is 142 cm³/mol. The molecule has 0 aliphatic rings. The lowest BCUT2D eigenvalue weighted by Gasteiger charge is -2.09. The van der Waals surface area contributed by atoms with Gasteiger partial charge in [-0.15, -0.1) is 23.1 Å². The van der Waals surface area contributed by atoms with Crippen LogP contribution < -0.4 is 10.1 Å². The van der Waals surface area contributed by atoms with E-state index in [9.17, 15) is 13.2 Å². The summed E-state index contributed by atoms with van der Waals surface area (Å²) in [6.45, 7) is 2.88. The SMILES string of the molecule is CSc1nccc(-c2ccc(S(=O)(=O)CCCNCCSc3ccc(OCC(=O)O)c(C)c3)s2)n1. The largest absolute Gasteiger partial charge is 0.482 e. The second-order valence-corrected chi connectivity index (χ2v) is 12.8. The molecule has 0 spiro atoms. The van der Waals surface area contributed by atoms with Crippen molar-refractivity contribution in [2.24, 2.45) is 0 Å². The molecule has 0 aliphatic carbocycles. The number of carboxylic acid groups (broad SMARTS) is 1. The van der Waals surface area contributed by atoms with Crippen molar-refractivity contribution in [3.8, 4) is 16.3 Å². The summed E-state index contributed by atoms with van der Waals surface area (Å²) in [5.74, 6) is 0.473. The highest BCUT2D eigenvalue weighted by Gasteiger charge is 2.18. The summed E-state index contributed by atoms with van der Waals surface area (Å²) in [4.78, 5) is 21.1. The summed E-state index contributed by atoms with van der Waals surface area (Å²) in [6, 6.07) is 10.9. The van der Waals surface area contributed by atoms with Crippen LogP contribution in [0.15, 0.2) is 56.9 Å². The first-order chi connectivity index (χ1) is 16.8. The van der Waals surface area contributed by atoms with E-state index in [1.807, 2.05) is 25.3 Å². The Morgan fingerprint density at radius 2 is 2.03 bits per heavy atom. The fourth-order valence-corrected chi connectivity index (χ4v) is 7.07. The van der Waals surface area contributed by atoms with Crippen molar-refractivity contribution in [2.45, 2.75) is 27.6 Å². The molecule has 0 unspecified atom stereocenters. The molecule has 1 aromatic carbocycles. The second kappa shape index (κ2) is 13.3. The van der Waals surface area contributed by atoms with Gasteiger partial charge in [-0.1, -0.05) is 11.8 Å². The van der Waals surface area contributed by atoms with Crippen LogP contribution in [-0.4, -0.2) is 66.9 Å². The van der Waals surface area contributed by atoms with Crippen LogP contribution in [0.4, 0.5) is 0 Å². The Morgan fingerprint density at radius 1 is 1.20 bits per heavy atom. The number of thioether (sulfide) groups is 2. The van der Waals surface area contributed by atoms with Gasteiger partial charge in [0.2, 0.25) is 0 Å². The van der Waals surface area contributed by atoms with E-state index in [2.05, 4.69) is 15.3 Å². The monoisotopic (exact) mass is 553 g/mol. The van der Waals surface area contributed by atoms with E-state index in [-0.39, 0.29) is 12.4 Å². The average molecular weight is 554 g/mol. The van der Waals surface area contributed by atoms with Gasteiger partial charge in [-0.2, -0.15) is 0 Å². The summed E-state index contributed by atoms with van der Waals surface area (Å²) >= 11 is 4.35. The molecule has 2 heterocycles. The zero-order valence-corrected chi connectivity index (χ0v) is 22.7. The van der Waals surface area contributed by atoms with E-state index in [4.69, 9.17) is 9.84 Å². The van der Waals surface area contributed by atoms with Crippen LogP contribution in [-0.2, 0) is 14.6 Å². The summed E-state index contributed by atoms with van der Waals surface area (Å²) < 4.78 is 31.0. The van der Waals surface area contributed by atoms with Crippen LogP contribution in [0.2, 0.25) is 0 Å². The highest BCUT2D eigenvalue weighted by Crippen LogP contribution is 2.31. The molecule has 0 saturated carbocycles. The maximum absolute atomic E-state index is 12.7. The molecule has 0 saturated heterocycles. The van der Waals surface area contributed by atoms with Crippen molar-refractivity contribution >= 4 is 50.7 Å². The van der Waals surface area contributed by atoms with Gasteiger partial charge < -0.3 is 15.2 Å². The summed E-state index contributed by atoms with van der Waals surface area (Å²) in [5, 5.41) is 12.7. The van der Waals surface area contributed by atoms with E-state index >= 15 is 0 Å². The number of thiophene rings is 1. The zero-order chi connectivity index (χ0) is 25.3. The number of rotatable bonds is 14. The van der Waals surface area contributed by atoms with Crippen molar-refractivity contribution in [2.75, 3.05) is 37.5 Å². The Hall–Kier alpha value is -2.12. The van der Waals surface area contributed by atoms with Gasteiger partial charge in [-0.25, -0.2) is 23.2 Å². The highest BCUT2D eigenvalue weighted by atomic mass is 32.2. The molecule has 2 aromatic heterocycles. The topological polar surface area (TPSA) is 118 Å². The van der Waals surface area contributed by atoms with E-state index in [0.717, 1.165) is 33.3 Å². The maximum Gasteiger partial charge on any atom is 0.341 e. The van der Waals surface area contributed by atoms with Crippen LogP contribution in [0.25, 0.3) is 10.6 Å². The smallest absolute Gasteiger partial charge is 0.341 e. The molecule has 8 nitrogen and oxygen atoms in total. The molecular weight excluding hydrogens is 527 g/mol. The highest BCUT2D eigenvalue weighted by molar-refractivity contribution is 7.99. The fraction of sp³-hybridized carbons (Fsp3) is 0.348. The Kier molecular flexibility index (Phi) is 10.4. The van der Waals surface area contributed by atoms with E-state index in [1.54, 1.807) is 42.2 Å². The summed E-state index contributed by atoms with van der Waals surface area (Å²) in [6.07, 6.45) is 4.11. The number of ether oxygens (including phenoxy) is 1. The van der Waals surface area contributed by atoms with E-state index in [0.29, 0.717) is 28.1 Å². The Bertz CT molecular complexity index is 1250. The zero-order valence-electron chi connectivity index (χ0n) is 19.4. The second-order valence-electron chi connectivity index (χ2n) is 7.43. The normalized spacial score (nSPS) is 11.5. The van der Waals surface area contributed by atoms with E-state index < -0.39 is 15.8 Å². The lowest BCUT2D eigenvalue weighted by molar-refractivity contribution is -0.139. The minimum atomic E-state index is -3.34. The predicted octanol–water partition coefficient (Wildman–Crippen LogP) is 4.24. The molecule has 0 bridgehead atoms. The van der Waals surface area contributed by atoms with Gasteiger partial charge in [0.25, 0.3) is 0 Å². The van der Waals surface area contributed by atoms with E-state index in [1.165, 1.54) is 23.1 Å². The fourth-order valence-electron chi connectivity index (χ4n) is 3.07. The molecule has 3 aromatic rings. The van der Waals surface area contributed by atoms with Crippen LogP contribution in [0, 0.1) is 6.92 Å². The number of nitrogens with one attached hydrogen (secondary N) is 1. The van der Waals surface area contributed by atoms with Gasteiger partial charge in [-0.3, -0.25) is 0 Å². The van der Waals surface area contributed by atoms with Gasteiger partial charge in [-0.05, 0) is 68.1 Å². The number of carbonyl (C=O) groups is 1. The third-order valence-electron chi connectivity index (χ3n) is 4.77. The quantitative estimate of drug-likeness (QED) is 0.170. The molecular formula is C23H27N3O5S4. The standard InChI is InChI=1S/C23H27N3O5S4/c1-16-14-17(4-5-19(16)31-15-21(27)28)33-12-11-24-9-3-13-35(29,30)22-7-6-20(34-22)18-8-10-25-23(26-18)32-2/h4-8,10,14,24H,3,9,11-13,15H2,1-2H3,(H,27,28). The third kappa shape index (κ3) is 8.50. The van der Waals surface area contributed by atoms with Gasteiger partial charge in [0.1, 0.15) is 9.96 Å². The Morgan fingerprint density at radius 3 is 2.77 bits per heavy atom. The molecule has 2 N–H and O–H groups in total. The molecule has 0 atom stereocenters. The van der Waals surface area contributed by atoms with Crippen molar-refractivity contribution < 1.29 is 23.1 Å². The number of hydrogen-bond acceptors (Lipinski definition) is 10. The minimum Gasteiger partial charge on any atom is -0.482 e. The van der Waals surface area contributed by atoms with Crippen LogP contribution >= 0.6 is 34.9 Å². The average Bonchev–Trinajstić information content (AvgIpc) is 3.34. The molecule has 0 fully saturated rings. The van der Waals surface area contributed by atoms with Crippen molar-refractivity contribution in [3.63, 3.8) is 0 Å². The van der Waals surface area contributed by atoms with Gasteiger partial charge in [0.05, 0.1) is 16.3 Å². The Labute approximate surface area is 217 Å². The number of nitrogens with zero attached hydrogens (tertiary/aromatic N) is 2. The van der Waals surface area contributed by atoms with Gasteiger partial charge >= 0.3 is 5.97 Å². The first kappa shape index (κ1) is 27.5. The van der Waals surface area contributed by atoms with Crippen LogP contribution in [0.3, 0.4) is 0 Å². The number of aromatic nitrogens is 2. The van der Waals surface area contributed by atoms with Crippen LogP contribution in [0.1, 0.15) is 12.0 Å². The number of hydrogen-bond donors (Lipinski definition) is 2. The molecule has 3 rings (SSSR count). The number of carboxylic acids is 1. The molecule has 0 radical (unpaired) electrons. The summed E-state index contributed by atoms with van der Waals surface area (Å²) in [7, 11) is -3.34. The number of sulfone groups is 1. The number of aryl methyl sites for hydroxylation is 1. The molecule has 0 aliphatic heterocycles. The van der Waals surface area contributed by atoms with Gasteiger partial charge in [0, 0.05) is 23.4 Å². The molecule has 12 heteroatoms. The van der Waals surface area contributed by atoms with Crippen LogP contribution in [0.5, 0.6) is 5.75 Å². The Balaban J connectivity index is 1.38. The van der Waals surface area contributed by atoms with Crippen molar-refractivity contribution in [3.05, 3.63) is 48.2 Å². The molecule has 0 amide bonds. The minimum absolute atomic E-state index is 0.0872. The maximum atomic E-state index is 12.7. The molecule has 35 heavy (non-hydrogen) atoms. The number of benzene rings is 1. The first-order valence-corrected chi connectivity index (χ1v) is 15.4. The van der Waals surface area contributed by atoms with Crippen molar-refractivity contribution in [1.29, 1.82) is 0 Å². The lowest BCUT2D eigenvalue weighted by atomic mass is 10.2. The van der Waals surface area contributed by atoms with Gasteiger partial charge in [0.15, 0.2) is 21.6 Å². The first-order valence-electron chi connectivity index (χ1n) is 10.8. The summed E-state index contributed by atoms with van der Waals surface area (Å²) in [5.41, 5.74) is 1.61. The number of aliphatic carboxylic acids is 1. The lowest BCUT2D eigenvalue weighted by Crippen LogP contribution is -2.20. The van der Waals surface area contributed by atoms with Crippen molar-refractivity contribution in [1.82, 2.24) is 15.3 Å².